The fourth-order valence-electron chi connectivity index (χ4n) is 0.894. The number of nitrogens with one attached hydrogen (secondary N) is 1. The van der Waals surface area contributed by atoms with E-state index < -0.39 is 24.1 Å². The number of carboxylic acid groups (broad SMARTS) is 1. The van der Waals surface area contributed by atoms with Gasteiger partial charge >= 0.3 is 5.97 Å². The Balaban J connectivity index is 2.65. The van der Waals surface area contributed by atoms with Crippen LogP contribution in [0.1, 0.15) is 6.42 Å². The molecule has 0 fully saturated rings. The summed E-state index contributed by atoms with van der Waals surface area (Å²) >= 11 is 0. The minimum Gasteiger partial charge on any atom is -0.481 e. The Morgan fingerprint density at radius 3 is 2.57 bits per heavy atom. The minimum absolute atomic E-state index is 0.0150. The van der Waals surface area contributed by atoms with Gasteiger partial charge in [-0.05, 0) is 12.1 Å². The second-order valence-electron chi connectivity index (χ2n) is 2.60. The summed E-state index contributed by atoms with van der Waals surface area (Å²) in [6.45, 7) is 0. The topological polar surface area (TPSA) is 66.4 Å². The number of aliphatic carboxylic acids is 1. The summed E-state index contributed by atoms with van der Waals surface area (Å²) in [6, 6.07) is 5.55. The quantitative estimate of drug-likeness (QED) is 0.716. The van der Waals surface area contributed by atoms with Gasteiger partial charge < -0.3 is 10.4 Å². The molecule has 0 radical (unpaired) electrons. The van der Waals surface area contributed by atoms with Gasteiger partial charge in [0.05, 0.1) is 5.69 Å². The number of rotatable bonds is 3. The molecule has 0 aromatic heterocycles. The van der Waals surface area contributed by atoms with Gasteiger partial charge in [-0.1, -0.05) is 12.1 Å². The number of amides is 1. The second-order valence-corrected chi connectivity index (χ2v) is 2.60. The van der Waals surface area contributed by atoms with E-state index in [0.717, 1.165) is 0 Å². The summed E-state index contributed by atoms with van der Waals surface area (Å²) < 4.78 is 12.9. The van der Waals surface area contributed by atoms with E-state index in [1.807, 2.05) is 0 Å². The number of hydrogen-bond acceptors (Lipinski definition) is 2. The maximum absolute atomic E-state index is 12.9. The van der Waals surface area contributed by atoms with Crippen LogP contribution in [0.2, 0.25) is 0 Å². The van der Waals surface area contributed by atoms with E-state index in [4.69, 9.17) is 5.11 Å². The fraction of sp³-hybridized carbons (Fsp3) is 0.111. The Labute approximate surface area is 79.4 Å². The monoisotopic (exact) mass is 197 g/mol. The molecule has 0 aliphatic heterocycles. The lowest BCUT2D eigenvalue weighted by Crippen LogP contribution is -2.16. The molecule has 1 aromatic carbocycles. The first-order valence-electron chi connectivity index (χ1n) is 3.86. The normalized spacial score (nSPS) is 9.50. The van der Waals surface area contributed by atoms with Gasteiger partial charge in [-0.2, -0.15) is 0 Å². The molecule has 0 saturated heterocycles. The Kier molecular flexibility index (Phi) is 3.17. The molecule has 14 heavy (non-hydrogen) atoms. The van der Waals surface area contributed by atoms with Crippen molar-refractivity contribution in [3.63, 3.8) is 0 Å². The highest BCUT2D eigenvalue weighted by molar-refractivity contribution is 6.01. The molecule has 0 atom stereocenters. The lowest BCUT2D eigenvalue weighted by Gasteiger charge is -2.03. The van der Waals surface area contributed by atoms with Crippen LogP contribution >= 0.6 is 0 Å². The van der Waals surface area contributed by atoms with Gasteiger partial charge in [0.2, 0.25) is 5.91 Å². The van der Waals surface area contributed by atoms with Gasteiger partial charge in [-0.3, -0.25) is 9.59 Å². The van der Waals surface area contributed by atoms with Crippen LogP contribution in [0.5, 0.6) is 0 Å². The molecule has 2 N–H and O–H groups in total. The Morgan fingerprint density at radius 2 is 2.00 bits per heavy atom. The number of anilines is 1. The molecule has 1 aromatic rings. The molecule has 4 nitrogen and oxygen atoms in total. The zero-order valence-electron chi connectivity index (χ0n) is 7.16. The predicted molar refractivity (Wildman–Crippen MR) is 47.3 cm³/mol. The highest BCUT2D eigenvalue weighted by atomic mass is 19.1. The lowest BCUT2D eigenvalue weighted by atomic mass is 10.3. The number of carbonyl (C=O) groups is 2. The summed E-state index contributed by atoms with van der Waals surface area (Å²) in [5.41, 5.74) is -0.0150. The van der Waals surface area contributed by atoms with Crippen molar-refractivity contribution in [2.24, 2.45) is 0 Å². The van der Waals surface area contributed by atoms with Gasteiger partial charge in [-0.15, -0.1) is 0 Å². The van der Waals surface area contributed by atoms with E-state index in [1.54, 1.807) is 6.07 Å². The van der Waals surface area contributed by atoms with Gasteiger partial charge in [0.1, 0.15) is 12.2 Å². The zero-order chi connectivity index (χ0) is 10.6. The lowest BCUT2D eigenvalue weighted by molar-refractivity contribution is -0.139. The number of carboxylic acids is 1. The Bertz CT molecular complexity index is 365. The number of carbonyl (C=O) groups excluding carboxylic acids is 1. The molecule has 0 unspecified atom stereocenters. The molecule has 0 heterocycles. The van der Waals surface area contributed by atoms with E-state index in [0.29, 0.717) is 0 Å². The molecular formula is C9H8FNO3. The molecule has 1 amide bonds. The van der Waals surface area contributed by atoms with E-state index in [9.17, 15) is 14.0 Å². The van der Waals surface area contributed by atoms with Gasteiger partial charge in [-0.25, -0.2) is 4.39 Å². The van der Waals surface area contributed by atoms with Crippen molar-refractivity contribution in [1.29, 1.82) is 0 Å². The second kappa shape index (κ2) is 4.36. The molecule has 74 valence electrons. The average Bonchev–Trinajstić information content (AvgIpc) is 2.07. The zero-order valence-corrected chi connectivity index (χ0v) is 7.16. The number of para-hydroxylation sites is 1. The summed E-state index contributed by atoms with van der Waals surface area (Å²) in [4.78, 5) is 21.0. The van der Waals surface area contributed by atoms with Crippen LogP contribution in [0.15, 0.2) is 24.3 Å². The first-order chi connectivity index (χ1) is 6.59. The van der Waals surface area contributed by atoms with Crippen molar-refractivity contribution in [2.75, 3.05) is 5.32 Å². The van der Waals surface area contributed by atoms with Crippen LogP contribution in [-0.4, -0.2) is 17.0 Å². The van der Waals surface area contributed by atoms with Crippen LogP contribution in [-0.2, 0) is 9.59 Å². The Hall–Kier alpha value is -1.91. The number of benzene rings is 1. The maximum atomic E-state index is 12.9. The first-order valence-corrected chi connectivity index (χ1v) is 3.86. The fourth-order valence-corrected chi connectivity index (χ4v) is 0.894. The van der Waals surface area contributed by atoms with E-state index in [-0.39, 0.29) is 5.69 Å². The average molecular weight is 197 g/mol. The van der Waals surface area contributed by atoms with Crippen molar-refractivity contribution in [3.05, 3.63) is 30.1 Å². The van der Waals surface area contributed by atoms with Crippen molar-refractivity contribution in [1.82, 2.24) is 0 Å². The van der Waals surface area contributed by atoms with Gasteiger partial charge in [0.15, 0.2) is 0 Å². The van der Waals surface area contributed by atoms with Crippen molar-refractivity contribution in [3.8, 4) is 0 Å². The van der Waals surface area contributed by atoms with Crippen LogP contribution in [0.25, 0.3) is 0 Å². The van der Waals surface area contributed by atoms with Crippen molar-refractivity contribution < 1.29 is 19.1 Å². The predicted octanol–water partition coefficient (Wildman–Crippen LogP) is 1.24. The van der Waals surface area contributed by atoms with E-state index in [2.05, 4.69) is 5.32 Å². The SMILES string of the molecule is O=C(O)CC(=O)Nc1ccccc1F. The third-order valence-corrected chi connectivity index (χ3v) is 1.46. The van der Waals surface area contributed by atoms with E-state index in [1.165, 1.54) is 18.2 Å². The van der Waals surface area contributed by atoms with Crippen LogP contribution in [0, 0.1) is 5.82 Å². The van der Waals surface area contributed by atoms with Crippen LogP contribution in [0.3, 0.4) is 0 Å². The van der Waals surface area contributed by atoms with Gasteiger partial charge in [0.25, 0.3) is 0 Å². The molecule has 0 bridgehead atoms. The van der Waals surface area contributed by atoms with Crippen molar-refractivity contribution >= 4 is 17.6 Å². The van der Waals surface area contributed by atoms with E-state index >= 15 is 0 Å². The maximum Gasteiger partial charge on any atom is 0.312 e. The first kappa shape index (κ1) is 10.2. The van der Waals surface area contributed by atoms with Crippen LogP contribution in [0.4, 0.5) is 10.1 Å². The smallest absolute Gasteiger partial charge is 0.312 e. The third kappa shape index (κ3) is 2.85. The van der Waals surface area contributed by atoms with Crippen LogP contribution < -0.4 is 5.32 Å². The summed E-state index contributed by atoms with van der Waals surface area (Å²) in [7, 11) is 0. The Morgan fingerprint density at radius 1 is 1.36 bits per heavy atom. The summed E-state index contributed by atoms with van der Waals surface area (Å²) in [5, 5.41) is 10.4. The summed E-state index contributed by atoms with van der Waals surface area (Å²) in [5.74, 6) is -2.59. The van der Waals surface area contributed by atoms with Crippen molar-refractivity contribution in [2.45, 2.75) is 6.42 Å². The molecule has 0 aliphatic rings. The highest BCUT2D eigenvalue weighted by Gasteiger charge is 2.09. The molecule has 0 spiro atoms. The summed E-state index contributed by atoms with van der Waals surface area (Å²) in [6.07, 6.45) is -0.672. The molecule has 5 heteroatoms. The molecule has 0 saturated carbocycles. The number of halogens is 1. The largest absolute Gasteiger partial charge is 0.481 e. The standard InChI is InChI=1S/C9H8FNO3/c10-6-3-1-2-4-7(6)11-8(12)5-9(13)14/h1-4H,5H2,(H,11,12)(H,13,14). The number of hydrogen-bond donors (Lipinski definition) is 2. The molecule has 0 aliphatic carbocycles. The molecular weight excluding hydrogens is 189 g/mol. The molecule has 1 rings (SSSR count). The highest BCUT2D eigenvalue weighted by Crippen LogP contribution is 2.12. The third-order valence-electron chi connectivity index (χ3n) is 1.46. The van der Waals surface area contributed by atoms with Gasteiger partial charge in [0, 0.05) is 0 Å². The minimum atomic E-state index is -1.25.